The van der Waals surface area contributed by atoms with E-state index in [0.29, 0.717) is 10.6 Å². The van der Waals surface area contributed by atoms with Crippen LogP contribution < -0.4 is 0 Å². The van der Waals surface area contributed by atoms with Gasteiger partial charge in [0.05, 0.1) is 11.6 Å². The minimum absolute atomic E-state index is 0.619. The number of hydrogen-bond donors (Lipinski definition) is 0. The Bertz CT molecular complexity index is 471. The molecule has 0 fully saturated rings. The molecule has 0 bridgehead atoms. The predicted molar refractivity (Wildman–Crippen MR) is 66.3 cm³/mol. The predicted octanol–water partition coefficient (Wildman–Crippen LogP) is 2.93. The minimum atomic E-state index is 0.619. The van der Waals surface area contributed by atoms with Crippen LogP contribution in [0.3, 0.4) is 0 Å². The summed E-state index contributed by atoms with van der Waals surface area (Å²) in [4.78, 5) is 2.26. The summed E-state index contributed by atoms with van der Waals surface area (Å²) in [7, 11) is 2.10. The molecule has 0 atom stereocenters. The van der Waals surface area contributed by atoms with Crippen molar-refractivity contribution in [2.24, 2.45) is 0 Å². The number of nitrogens with zero attached hydrogens (tertiary/aromatic N) is 2. The Labute approximate surface area is 101 Å². The molecule has 16 heavy (non-hydrogen) atoms. The molecule has 0 unspecified atom stereocenters. The van der Waals surface area contributed by atoms with Crippen LogP contribution in [0.15, 0.2) is 24.3 Å². The molecule has 1 aliphatic heterocycles. The van der Waals surface area contributed by atoms with Crippen LogP contribution in [0.2, 0.25) is 5.02 Å². The molecule has 0 N–H and O–H groups in total. The lowest BCUT2D eigenvalue weighted by Gasteiger charge is -2.22. The van der Waals surface area contributed by atoms with Gasteiger partial charge in [-0.3, -0.25) is 0 Å². The smallest absolute Gasteiger partial charge is 0.0998 e. The molecule has 0 amide bonds. The maximum atomic E-state index is 9.08. The summed E-state index contributed by atoms with van der Waals surface area (Å²) in [5.41, 5.74) is 2.95. The van der Waals surface area contributed by atoms with E-state index in [0.717, 1.165) is 25.1 Å². The van der Waals surface area contributed by atoms with Gasteiger partial charge in [0.15, 0.2) is 0 Å². The van der Waals surface area contributed by atoms with Gasteiger partial charge >= 0.3 is 0 Å². The van der Waals surface area contributed by atoms with Gasteiger partial charge in [0.1, 0.15) is 0 Å². The summed E-state index contributed by atoms with van der Waals surface area (Å²) in [5.74, 6) is 0. The second-order valence-corrected chi connectivity index (χ2v) is 4.48. The SMILES string of the molecule is CN1CC=C(c2ccc(Cl)cc2C#N)CC1. The van der Waals surface area contributed by atoms with E-state index in [1.54, 1.807) is 6.07 Å². The van der Waals surface area contributed by atoms with E-state index in [1.165, 1.54) is 5.57 Å². The maximum Gasteiger partial charge on any atom is 0.0998 e. The molecule has 1 aromatic rings. The number of halogens is 1. The Hall–Kier alpha value is -1.30. The lowest BCUT2D eigenvalue weighted by Crippen LogP contribution is -2.23. The highest BCUT2D eigenvalue weighted by atomic mass is 35.5. The summed E-state index contributed by atoms with van der Waals surface area (Å²) >= 11 is 5.88. The number of benzene rings is 1. The quantitative estimate of drug-likeness (QED) is 0.745. The molecule has 1 heterocycles. The molecule has 3 heteroatoms. The standard InChI is InChI=1S/C13H13ClN2/c1-16-6-4-10(5-7-16)13-3-2-12(14)8-11(13)9-15/h2-4,8H,5-7H2,1H3. The normalized spacial score (nSPS) is 16.7. The topological polar surface area (TPSA) is 27.0 Å². The van der Waals surface area contributed by atoms with E-state index in [2.05, 4.69) is 24.1 Å². The number of rotatable bonds is 1. The van der Waals surface area contributed by atoms with Crippen LogP contribution in [-0.4, -0.2) is 25.0 Å². The van der Waals surface area contributed by atoms with E-state index in [4.69, 9.17) is 16.9 Å². The lowest BCUT2D eigenvalue weighted by molar-refractivity contribution is 0.370. The van der Waals surface area contributed by atoms with Crippen molar-refractivity contribution >= 4 is 17.2 Å². The van der Waals surface area contributed by atoms with Crippen LogP contribution in [0, 0.1) is 11.3 Å². The monoisotopic (exact) mass is 232 g/mol. The first-order valence-corrected chi connectivity index (χ1v) is 5.66. The minimum Gasteiger partial charge on any atom is -0.302 e. The van der Waals surface area contributed by atoms with Crippen molar-refractivity contribution in [3.63, 3.8) is 0 Å². The molecule has 1 aliphatic rings. The number of hydrogen-bond acceptors (Lipinski definition) is 2. The molecular formula is C13H13ClN2. The number of likely N-dealkylation sites (N-methyl/N-ethyl adjacent to an activating group) is 1. The number of nitriles is 1. The first-order valence-electron chi connectivity index (χ1n) is 5.28. The summed E-state index contributed by atoms with van der Waals surface area (Å²) in [6.07, 6.45) is 3.18. The Morgan fingerprint density at radius 2 is 2.25 bits per heavy atom. The highest BCUT2D eigenvalue weighted by molar-refractivity contribution is 6.30. The van der Waals surface area contributed by atoms with E-state index >= 15 is 0 Å². The van der Waals surface area contributed by atoms with Gasteiger partial charge in [-0.15, -0.1) is 0 Å². The fourth-order valence-corrected chi connectivity index (χ4v) is 2.08. The van der Waals surface area contributed by atoms with Gasteiger partial charge in [0.25, 0.3) is 0 Å². The Morgan fingerprint density at radius 1 is 1.44 bits per heavy atom. The van der Waals surface area contributed by atoms with E-state index < -0.39 is 0 Å². The molecule has 0 radical (unpaired) electrons. The molecule has 82 valence electrons. The van der Waals surface area contributed by atoms with Crippen LogP contribution >= 0.6 is 11.6 Å². The largest absolute Gasteiger partial charge is 0.302 e. The molecule has 0 aromatic heterocycles. The Balaban J connectivity index is 2.38. The molecular weight excluding hydrogens is 220 g/mol. The highest BCUT2D eigenvalue weighted by Crippen LogP contribution is 2.26. The van der Waals surface area contributed by atoms with Gasteiger partial charge in [-0.05, 0) is 36.7 Å². The van der Waals surface area contributed by atoms with Crippen molar-refractivity contribution in [2.75, 3.05) is 20.1 Å². The zero-order valence-corrected chi connectivity index (χ0v) is 9.96. The van der Waals surface area contributed by atoms with Gasteiger partial charge in [-0.1, -0.05) is 23.7 Å². The van der Waals surface area contributed by atoms with Gasteiger partial charge in [0, 0.05) is 18.1 Å². The second-order valence-electron chi connectivity index (χ2n) is 4.04. The van der Waals surface area contributed by atoms with Crippen molar-refractivity contribution < 1.29 is 0 Å². The fourth-order valence-electron chi connectivity index (χ4n) is 1.90. The summed E-state index contributed by atoms with van der Waals surface area (Å²) < 4.78 is 0. The van der Waals surface area contributed by atoms with E-state index in [-0.39, 0.29) is 0 Å². The molecule has 0 saturated heterocycles. The second kappa shape index (κ2) is 4.69. The zero-order chi connectivity index (χ0) is 11.5. The third kappa shape index (κ3) is 2.27. The molecule has 0 saturated carbocycles. The van der Waals surface area contributed by atoms with Crippen molar-refractivity contribution in [3.8, 4) is 6.07 Å². The summed E-state index contributed by atoms with van der Waals surface area (Å²) in [5, 5.41) is 9.70. The molecule has 0 aliphatic carbocycles. The molecule has 0 spiro atoms. The van der Waals surface area contributed by atoms with Crippen molar-refractivity contribution in [1.29, 1.82) is 5.26 Å². The van der Waals surface area contributed by atoms with E-state index in [1.807, 2.05) is 12.1 Å². The highest BCUT2D eigenvalue weighted by Gasteiger charge is 2.12. The van der Waals surface area contributed by atoms with Gasteiger partial charge in [-0.2, -0.15) is 5.26 Å². The molecule has 1 aromatic carbocycles. The van der Waals surface area contributed by atoms with Crippen LogP contribution in [0.25, 0.3) is 5.57 Å². The fraction of sp³-hybridized carbons (Fsp3) is 0.308. The van der Waals surface area contributed by atoms with Gasteiger partial charge in [0.2, 0.25) is 0 Å². The summed E-state index contributed by atoms with van der Waals surface area (Å²) in [6.45, 7) is 1.99. The lowest BCUT2D eigenvalue weighted by atomic mass is 9.95. The van der Waals surface area contributed by atoms with Crippen molar-refractivity contribution in [3.05, 3.63) is 40.4 Å². The summed E-state index contributed by atoms with van der Waals surface area (Å²) in [6, 6.07) is 7.72. The average molecular weight is 233 g/mol. The van der Waals surface area contributed by atoms with Crippen molar-refractivity contribution in [2.45, 2.75) is 6.42 Å². The van der Waals surface area contributed by atoms with Crippen LogP contribution in [0.1, 0.15) is 17.5 Å². The van der Waals surface area contributed by atoms with Gasteiger partial charge < -0.3 is 4.90 Å². The van der Waals surface area contributed by atoms with Crippen LogP contribution in [0.4, 0.5) is 0 Å². The third-order valence-electron chi connectivity index (χ3n) is 2.86. The Kier molecular flexibility index (Phi) is 3.28. The molecule has 2 rings (SSSR count). The third-order valence-corrected chi connectivity index (χ3v) is 3.10. The molecule has 2 nitrogen and oxygen atoms in total. The van der Waals surface area contributed by atoms with Gasteiger partial charge in [-0.25, -0.2) is 0 Å². The first kappa shape index (κ1) is 11.2. The first-order chi connectivity index (χ1) is 7.70. The van der Waals surface area contributed by atoms with Crippen LogP contribution in [-0.2, 0) is 0 Å². The maximum absolute atomic E-state index is 9.08. The zero-order valence-electron chi connectivity index (χ0n) is 9.20. The Morgan fingerprint density at radius 3 is 2.88 bits per heavy atom. The average Bonchev–Trinajstić information content (AvgIpc) is 2.30. The van der Waals surface area contributed by atoms with Crippen LogP contribution in [0.5, 0.6) is 0 Å². The van der Waals surface area contributed by atoms with E-state index in [9.17, 15) is 0 Å². The van der Waals surface area contributed by atoms with Crippen molar-refractivity contribution in [1.82, 2.24) is 4.90 Å².